The van der Waals surface area contributed by atoms with Gasteiger partial charge in [-0.25, -0.2) is 4.98 Å². The summed E-state index contributed by atoms with van der Waals surface area (Å²) in [6.07, 6.45) is 4.31. The zero-order valence-corrected chi connectivity index (χ0v) is 12.8. The van der Waals surface area contributed by atoms with Crippen molar-refractivity contribution in [2.75, 3.05) is 13.1 Å². The fourth-order valence-electron chi connectivity index (χ4n) is 2.39. The van der Waals surface area contributed by atoms with Gasteiger partial charge in [-0.2, -0.15) is 0 Å². The number of rotatable bonds is 4. The highest BCUT2D eigenvalue weighted by Gasteiger charge is 2.32. The van der Waals surface area contributed by atoms with Gasteiger partial charge in [-0.3, -0.25) is 4.90 Å². The Hall–Kier alpha value is -0.450. The number of hydrogen-bond acceptors (Lipinski definition) is 4. The van der Waals surface area contributed by atoms with E-state index in [-0.39, 0.29) is 5.54 Å². The van der Waals surface area contributed by atoms with E-state index in [0.29, 0.717) is 6.04 Å². The normalized spacial score (nSPS) is 29.7. The van der Waals surface area contributed by atoms with Crippen molar-refractivity contribution in [2.24, 2.45) is 0 Å². The molecule has 0 aliphatic carbocycles. The van der Waals surface area contributed by atoms with Crippen molar-refractivity contribution >= 4 is 11.3 Å². The molecule has 102 valence electrons. The third-order valence-corrected chi connectivity index (χ3v) is 5.19. The SMILES string of the molecule is CCc1cnc(CN2CC(C)(CC)NCC2C)s1. The molecular weight excluding hydrogens is 242 g/mol. The van der Waals surface area contributed by atoms with E-state index in [1.165, 1.54) is 16.3 Å². The third-order valence-electron chi connectivity index (χ3n) is 4.07. The Morgan fingerprint density at radius 2 is 2.33 bits per heavy atom. The number of thiazole rings is 1. The largest absolute Gasteiger partial charge is 0.309 e. The average molecular weight is 267 g/mol. The fourth-order valence-corrected chi connectivity index (χ4v) is 3.28. The van der Waals surface area contributed by atoms with Crippen LogP contribution in [0.1, 0.15) is 44.0 Å². The molecule has 0 amide bonds. The summed E-state index contributed by atoms with van der Waals surface area (Å²) >= 11 is 1.86. The van der Waals surface area contributed by atoms with Crippen molar-refractivity contribution in [2.45, 2.75) is 58.7 Å². The molecule has 1 aliphatic rings. The lowest BCUT2D eigenvalue weighted by atomic mass is 9.94. The van der Waals surface area contributed by atoms with E-state index in [1.807, 2.05) is 17.5 Å². The van der Waals surface area contributed by atoms with E-state index >= 15 is 0 Å². The number of aromatic nitrogens is 1. The Balaban J connectivity index is 2.02. The van der Waals surface area contributed by atoms with Gasteiger partial charge in [-0.15, -0.1) is 11.3 Å². The molecule has 0 bridgehead atoms. The van der Waals surface area contributed by atoms with E-state index in [2.05, 4.69) is 42.9 Å². The monoisotopic (exact) mass is 267 g/mol. The van der Waals surface area contributed by atoms with Gasteiger partial charge in [-0.1, -0.05) is 13.8 Å². The molecule has 1 aromatic heterocycles. The lowest BCUT2D eigenvalue weighted by Crippen LogP contribution is -2.61. The molecule has 0 saturated carbocycles. The van der Waals surface area contributed by atoms with Crippen molar-refractivity contribution in [3.05, 3.63) is 16.1 Å². The Morgan fingerprint density at radius 3 is 2.94 bits per heavy atom. The molecule has 2 rings (SSSR count). The molecular formula is C14H25N3S. The van der Waals surface area contributed by atoms with Gasteiger partial charge in [0.15, 0.2) is 0 Å². The smallest absolute Gasteiger partial charge is 0.107 e. The predicted molar refractivity (Wildman–Crippen MR) is 78.1 cm³/mol. The molecule has 2 heterocycles. The van der Waals surface area contributed by atoms with Crippen LogP contribution in [0.4, 0.5) is 0 Å². The lowest BCUT2D eigenvalue weighted by Gasteiger charge is -2.44. The molecule has 1 saturated heterocycles. The molecule has 3 nitrogen and oxygen atoms in total. The third kappa shape index (κ3) is 3.11. The molecule has 1 N–H and O–H groups in total. The van der Waals surface area contributed by atoms with Crippen LogP contribution < -0.4 is 5.32 Å². The molecule has 1 fully saturated rings. The minimum Gasteiger partial charge on any atom is -0.309 e. The first-order valence-electron chi connectivity index (χ1n) is 6.99. The van der Waals surface area contributed by atoms with Gasteiger partial charge in [0.25, 0.3) is 0 Å². The molecule has 2 atom stereocenters. The summed E-state index contributed by atoms with van der Waals surface area (Å²) in [5.74, 6) is 0. The number of hydrogen-bond donors (Lipinski definition) is 1. The summed E-state index contributed by atoms with van der Waals surface area (Å²) in [7, 11) is 0. The van der Waals surface area contributed by atoms with Crippen molar-refractivity contribution in [3.8, 4) is 0 Å². The molecule has 2 unspecified atom stereocenters. The summed E-state index contributed by atoms with van der Waals surface area (Å²) in [6.45, 7) is 12.3. The van der Waals surface area contributed by atoms with E-state index in [9.17, 15) is 0 Å². The van der Waals surface area contributed by atoms with Crippen LogP contribution in [0.2, 0.25) is 0 Å². The highest BCUT2D eigenvalue weighted by molar-refractivity contribution is 7.11. The van der Waals surface area contributed by atoms with Crippen LogP contribution in [0.5, 0.6) is 0 Å². The summed E-state index contributed by atoms with van der Waals surface area (Å²) in [4.78, 5) is 8.51. The molecule has 1 aromatic rings. The van der Waals surface area contributed by atoms with Crippen LogP contribution in [0.15, 0.2) is 6.20 Å². The topological polar surface area (TPSA) is 28.2 Å². The van der Waals surface area contributed by atoms with Crippen molar-refractivity contribution in [1.29, 1.82) is 0 Å². The molecule has 18 heavy (non-hydrogen) atoms. The molecule has 4 heteroatoms. The Labute approximate surface area is 115 Å². The van der Waals surface area contributed by atoms with Gasteiger partial charge in [-0.05, 0) is 26.7 Å². The van der Waals surface area contributed by atoms with E-state index in [0.717, 1.165) is 26.1 Å². The minimum absolute atomic E-state index is 0.261. The Morgan fingerprint density at radius 1 is 1.56 bits per heavy atom. The standard InChI is InChI=1S/C14H25N3S/c1-5-12-8-15-13(18-12)9-17-10-14(4,6-2)16-7-11(17)3/h8,11,16H,5-7,9-10H2,1-4H3. The number of piperazine rings is 1. The van der Waals surface area contributed by atoms with E-state index < -0.39 is 0 Å². The maximum absolute atomic E-state index is 4.55. The van der Waals surface area contributed by atoms with E-state index in [1.54, 1.807) is 0 Å². The van der Waals surface area contributed by atoms with Crippen molar-refractivity contribution in [3.63, 3.8) is 0 Å². The molecule has 0 aromatic carbocycles. The summed E-state index contributed by atoms with van der Waals surface area (Å²) < 4.78 is 0. The first-order valence-corrected chi connectivity index (χ1v) is 7.80. The van der Waals surface area contributed by atoms with Crippen LogP contribution in [0.3, 0.4) is 0 Å². The number of nitrogens with one attached hydrogen (secondary N) is 1. The average Bonchev–Trinajstić information content (AvgIpc) is 2.82. The summed E-state index contributed by atoms with van der Waals surface area (Å²) in [5.41, 5.74) is 0.261. The van der Waals surface area contributed by atoms with Crippen LogP contribution in [-0.4, -0.2) is 34.6 Å². The number of nitrogens with zero attached hydrogens (tertiary/aromatic N) is 2. The Bertz CT molecular complexity index is 390. The van der Waals surface area contributed by atoms with Crippen molar-refractivity contribution in [1.82, 2.24) is 15.2 Å². The fraction of sp³-hybridized carbons (Fsp3) is 0.786. The first kappa shape index (κ1) is 14.0. The highest BCUT2D eigenvalue weighted by atomic mass is 32.1. The quantitative estimate of drug-likeness (QED) is 0.909. The van der Waals surface area contributed by atoms with Crippen LogP contribution in [0.25, 0.3) is 0 Å². The molecule has 0 spiro atoms. The van der Waals surface area contributed by atoms with Crippen LogP contribution in [-0.2, 0) is 13.0 Å². The van der Waals surface area contributed by atoms with Crippen molar-refractivity contribution < 1.29 is 0 Å². The second kappa shape index (κ2) is 5.68. The van der Waals surface area contributed by atoms with Gasteiger partial charge in [0, 0.05) is 35.7 Å². The number of aryl methyl sites for hydroxylation is 1. The highest BCUT2D eigenvalue weighted by Crippen LogP contribution is 2.22. The van der Waals surface area contributed by atoms with Gasteiger partial charge >= 0.3 is 0 Å². The van der Waals surface area contributed by atoms with Crippen LogP contribution >= 0.6 is 11.3 Å². The van der Waals surface area contributed by atoms with Gasteiger partial charge in [0.05, 0.1) is 6.54 Å². The predicted octanol–water partition coefficient (Wildman–Crippen LogP) is 2.67. The van der Waals surface area contributed by atoms with Gasteiger partial charge in [0.2, 0.25) is 0 Å². The van der Waals surface area contributed by atoms with Gasteiger partial charge in [0.1, 0.15) is 5.01 Å². The Kier molecular flexibility index (Phi) is 4.41. The van der Waals surface area contributed by atoms with Gasteiger partial charge < -0.3 is 5.32 Å². The zero-order valence-electron chi connectivity index (χ0n) is 12.0. The summed E-state index contributed by atoms with van der Waals surface area (Å²) in [6, 6.07) is 0.596. The lowest BCUT2D eigenvalue weighted by molar-refractivity contribution is 0.0865. The second-order valence-corrected chi connectivity index (χ2v) is 6.82. The maximum atomic E-state index is 4.55. The maximum Gasteiger partial charge on any atom is 0.107 e. The molecule has 1 aliphatic heterocycles. The zero-order chi connectivity index (χ0) is 13.2. The minimum atomic E-state index is 0.261. The van der Waals surface area contributed by atoms with Crippen LogP contribution in [0, 0.1) is 0 Å². The second-order valence-electron chi connectivity index (χ2n) is 5.62. The summed E-state index contributed by atoms with van der Waals surface area (Å²) in [5, 5.41) is 4.93. The first-order chi connectivity index (χ1) is 8.56. The van der Waals surface area contributed by atoms with E-state index in [4.69, 9.17) is 0 Å². The molecule has 0 radical (unpaired) electrons.